The number of ether oxygens (including phenoxy) is 1. The molecule has 24 heavy (non-hydrogen) atoms. The van der Waals surface area contributed by atoms with Crippen molar-refractivity contribution in [1.82, 2.24) is 9.29 Å². The number of methoxy groups -OCH3 is 1. The third kappa shape index (κ3) is 3.45. The highest BCUT2D eigenvalue weighted by Gasteiger charge is 2.39. The Labute approximate surface area is 144 Å². The summed E-state index contributed by atoms with van der Waals surface area (Å²) in [5.41, 5.74) is 0.00661. The van der Waals surface area contributed by atoms with Crippen molar-refractivity contribution in [3.05, 3.63) is 47.1 Å². The van der Waals surface area contributed by atoms with Crippen LogP contribution in [-0.2, 0) is 21.3 Å². The molecule has 2 aromatic rings. The highest BCUT2D eigenvalue weighted by Crippen LogP contribution is 2.33. The topological polar surface area (TPSA) is 89.7 Å². The number of hydrogen-bond donors (Lipinski definition) is 0. The molecule has 0 bridgehead atoms. The molecule has 1 heterocycles. The van der Waals surface area contributed by atoms with Crippen LogP contribution in [0, 0.1) is 0 Å². The number of benzene rings is 1. The second kappa shape index (κ2) is 6.54. The van der Waals surface area contributed by atoms with Crippen LogP contribution in [0.25, 0.3) is 0 Å². The Morgan fingerprint density at radius 1 is 1.38 bits per heavy atom. The number of aromatic nitrogens is 1. The van der Waals surface area contributed by atoms with Gasteiger partial charge in [-0.1, -0.05) is 11.6 Å². The van der Waals surface area contributed by atoms with Gasteiger partial charge in [-0.05, 0) is 37.1 Å². The van der Waals surface area contributed by atoms with E-state index < -0.39 is 16.0 Å². The molecule has 1 saturated carbocycles. The number of hydrogen-bond acceptors (Lipinski definition) is 6. The van der Waals surface area contributed by atoms with Gasteiger partial charge in [-0.25, -0.2) is 18.2 Å². The molecule has 0 unspecified atom stereocenters. The van der Waals surface area contributed by atoms with Gasteiger partial charge in [0.1, 0.15) is 6.26 Å². The van der Waals surface area contributed by atoms with E-state index in [0.717, 1.165) is 19.1 Å². The number of nitrogens with zero attached hydrogens (tertiary/aromatic N) is 2. The minimum absolute atomic E-state index is 0.00661. The maximum atomic E-state index is 12.8. The highest BCUT2D eigenvalue weighted by atomic mass is 35.5. The lowest BCUT2D eigenvalue weighted by Gasteiger charge is -2.20. The smallest absolute Gasteiger partial charge is 0.360 e. The standard InChI is InChI=1S/C15H15ClN2O5S/c1-22-15(19)13-9-23-14(17-13)8-18(11-4-5-11)24(20,21)12-6-2-10(16)3-7-12/h2-3,6-7,9,11H,4-5,8H2,1H3. The SMILES string of the molecule is COC(=O)c1coc(CN(C2CC2)S(=O)(=O)c2ccc(Cl)cc2)n1. The van der Waals surface area contributed by atoms with Crippen LogP contribution in [0.4, 0.5) is 0 Å². The molecule has 128 valence electrons. The fourth-order valence-electron chi connectivity index (χ4n) is 2.23. The summed E-state index contributed by atoms with van der Waals surface area (Å²) in [6.07, 6.45) is 2.70. The summed E-state index contributed by atoms with van der Waals surface area (Å²) in [6, 6.07) is 5.88. The van der Waals surface area contributed by atoms with E-state index in [9.17, 15) is 13.2 Å². The van der Waals surface area contributed by atoms with Crippen molar-refractivity contribution in [2.45, 2.75) is 30.3 Å². The largest absolute Gasteiger partial charge is 0.464 e. The van der Waals surface area contributed by atoms with Crippen LogP contribution in [0.3, 0.4) is 0 Å². The number of sulfonamides is 1. The molecule has 0 spiro atoms. The Morgan fingerprint density at radius 2 is 2.04 bits per heavy atom. The van der Waals surface area contributed by atoms with Crippen LogP contribution >= 0.6 is 11.6 Å². The van der Waals surface area contributed by atoms with Gasteiger partial charge in [-0.3, -0.25) is 0 Å². The normalized spacial score (nSPS) is 14.8. The molecule has 1 aliphatic rings. The predicted molar refractivity (Wildman–Crippen MR) is 85.0 cm³/mol. The Hall–Kier alpha value is -1.90. The lowest BCUT2D eigenvalue weighted by molar-refractivity contribution is 0.0594. The van der Waals surface area contributed by atoms with E-state index in [1.54, 1.807) is 0 Å². The van der Waals surface area contributed by atoms with E-state index in [1.807, 2.05) is 0 Å². The van der Waals surface area contributed by atoms with Gasteiger partial charge < -0.3 is 9.15 Å². The molecule has 0 saturated heterocycles. The maximum absolute atomic E-state index is 12.8. The molecule has 7 nitrogen and oxygen atoms in total. The first-order chi connectivity index (χ1) is 11.4. The van der Waals surface area contributed by atoms with Crippen molar-refractivity contribution in [3.63, 3.8) is 0 Å². The van der Waals surface area contributed by atoms with Gasteiger partial charge in [-0.2, -0.15) is 4.31 Å². The van der Waals surface area contributed by atoms with Crippen LogP contribution in [0.5, 0.6) is 0 Å². The lowest BCUT2D eigenvalue weighted by atomic mass is 10.4. The van der Waals surface area contributed by atoms with Crippen molar-refractivity contribution in [1.29, 1.82) is 0 Å². The van der Waals surface area contributed by atoms with Crippen LogP contribution in [-0.4, -0.2) is 36.8 Å². The fourth-order valence-corrected chi connectivity index (χ4v) is 3.99. The van der Waals surface area contributed by atoms with Crippen molar-refractivity contribution in [2.24, 2.45) is 0 Å². The molecule has 0 N–H and O–H groups in total. The monoisotopic (exact) mass is 370 g/mol. The van der Waals surface area contributed by atoms with Crippen LogP contribution in [0.2, 0.25) is 5.02 Å². The van der Waals surface area contributed by atoms with E-state index in [0.29, 0.717) is 5.02 Å². The third-order valence-corrected chi connectivity index (χ3v) is 5.78. The molecular weight excluding hydrogens is 356 g/mol. The van der Waals surface area contributed by atoms with Crippen molar-refractivity contribution < 1.29 is 22.4 Å². The zero-order chi connectivity index (χ0) is 17.3. The van der Waals surface area contributed by atoms with E-state index in [2.05, 4.69) is 9.72 Å². The first-order valence-corrected chi connectivity index (χ1v) is 9.04. The molecule has 0 radical (unpaired) electrons. The highest BCUT2D eigenvalue weighted by molar-refractivity contribution is 7.89. The molecule has 1 aromatic carbocycles. The Balaban J connectivity index is 1.86. The minimum Gasteiger partial charge on any atom is -0.464 e. The molecule has 0 aliphatic heterocycles. The second-order valence-electron chi connectivity index (χ2n) is 5.35. The number of halogens is 1. The fraction of sp³-hybridized carbons (Fsp3) is 0.333. The van der Waals surface area contributed by atoms with Gasteiger partial charge in [0.15, 0.2) is 5.69 Å². The summed E-state index contributed by atoms with van der Waals surface area (Å²) < 4.78 is 36.8. The Kier molecular flexibility index (Phi) is 4.62. The van der Waals surface area contributed by atoms with Gasteiger partial charge >= 0.3 is 5.97 Å². The molecule has 3 rings (SSSR count). The average Bonchev–Trinajstić information content (AvgIpc) is 3.29. The molecule has 1 fully saturated rings. The number of esters is 1. The van der Waals surface area contributed by atoms with Gasteiger partial charge in [0, 0.05) is 11.1 Å². The zero-order valence-corrected chi connectivity index (χ0v) is 14.4. The molecular formula is C15H15ClN2O5S. The van der Waals surface area contributed by atoms with Crippen LogP contribution in [0.15, 0.2) is 39.8 Å². The van der Waals surface area contributed by atoms with E-state index >= 15 is 0 Å². The lowest BCUT2D eigenvalue weighted by Crippen LogP contribution is -2.32. The molecule has 1 aromatic heterocycles. The number of oxazole rings is 1. The predicted octanol–water partition coefficient (Wildman–Crippen LogP) is 2.47. The first-order valence-electron chi connectivity index (χ1n) is 7.22. The zero-order valence-electron chi connectivity index (χ0n) is 12.8. The van der Waals surface area contributed by atoms with Gasteiger partial charge in [0.2, 0.25) is 15.9 Å². The molecule has 0 atom stereocenters. The second-order valence-corrected chi connectivity index (χ2v) is 7.68. The number of carbonyl (C=O) groups is 1. The third-order valence-electron chi connectivity index (χ3n) is 3.61. The van der Waals surface area contributed by atoms with Crippen molar-refractivity contribution >= 4 is 27.6 Å². The van der Waals surface area contributed by atoms with Gasteiger partial charge in [-0.15, -0.1) is 0 Å². The van der Waals surface area contributed by atoms with Crippen LogP contribution < -0.4 is 0 Å². The minimum atomic E-state index is -3.71. The summed E-state index contributed by atoms with van der Waals surface area (Å²) in [5.74, 6) is -0.497. The maximum Gasteiger partial charge on any atom is 0.360 e. The summed E-state index contributed by atoms with van der Waals surface area (Å²) in [4.78, 5) is 15.6. The average molecular weight is 371 g/mol. The summed E-state index contributed by atoms with van der Waals surface area (Å²) in [7, 11) is -2.48. The van der Waals surface area contributed by atoms with Crippen molar-refractivity contribution in [3.8, 4) is 0 Å². The molecule has 1 aliphatic carbocycles. The van der Waals surface area contributed by atoms with Crippen LogP contribution in [0.1, 0.15) is 29.2 Å². The summed E-state index contributed by atoms with van der Waals surface area (Å²) in [5, 5.41) is 0.461. The van der Waals surface area contributed by atoms with Gasteiger partial charge in [0.05, 0.1) is 18.6 Å². The van der Waals surface area contributed by atoms with E-state index in [4.69, 9.17) is 16.0 Å². The summed E-state index contributed by atoms with van der Waals surface area (Å²) in [6.45, 7) is -0.0490. The van der Waals surface area contributed by atoms with Crippen molar-refractivity contribution in [2.75, 3.05) is 7.11 Å². The first kappa shape index (κ1) is 16.9. The number of carbonyl (C=O) groups excluding carboxylic acids is 1. The Morgan fingerprint density at radius 3 is 2.62 bits per heavy atom. The van der Waals surface area contributed by atoms with Gasteiger partial charge in [0.25, 0.3) is 0 Å². The van der Waals surface area contributed by atoms with E-state index in [-0.39, 0.29) is 29.1 Å². The summed E-state index contributed by atoms with van der Waals surface area (Å²) >= 11 is 5.81. The Bertz CT molecular complexity index is 843. The number of rotatable bonds is 6. The quantitative estimate of drug-likeness (QED) is 0.725. The van der Waals surface area contributed by atoms with E-state index in [1.165, 1.54) is 35.7 Å². The molecule has 9 heteroatoms. The molecule has 0 amide bonds.